The van der Waals surface area contributed by atoms with Gasteiger partial charge in [0.15, 0.2) is 0 Å². The first-order valence-corrected chi connectivity index (χ1v) is 10.4. The monoisotopic (exact) mass is 367 g/mol. The average Bonchev–Trinajstić information content (AvgIpc) is 2.68. The molecule has 1 aromatic heterocycles. The Morgan fingerprint density at radius 2 is 1.85 bits per heavy atom. The lowest BCUT2D eigenvalue weighted by molar-refractivity contribution is 0.0469. The van der Waals surface area contributed by atoms with Gasteiger partial charge < -0.3 is 9.47 Å². The van der Waals surface area contributed by atoms with Crippen LogP contribution in [-0.4, -0.2) is 18.7 Å². The number of hydrogen-bond donors (Lipinski definition) is 0. The summed E-state index contributed by atoms with van der Waals surface area (Å²) in [6.07, 6.45) is 9.22. The fourth-order valence-electron chi connectivity index (χ4n) is 3.92. The van der Waals surface area contributed by atoms with Crippen LogP contribution < -0.4 is 4.74 Å². The van der Waals surface area contributed by atoms with Crippen molar-refractivity contribution in [1.82, 2.24) is 4.98 Å². The zero-order valence-corrected chi connectivity index (χ0v) is 17.3. The first-order chi connectivity index (χ1) is 13.2. The molecule has 27 heavy (non-hydrogen) atoms. The van der Waals surface area contributed by atoms with Crippen LogP contribution >= 0.6 is 0 Å². The Kier molecular flexibility index (Phi) is 6.89. The topological polar surface area (TPSA) is 31.4 Å². The summed E-state index contributed by atoms with van der Waals surface area (Å²) in [7, 11) is 1.73. The summed E-state index contributed by atoms with van der Waals surface area (Å²) in [5.41, 5.74) is 5.95. The maximum atomic E-state index is 6.09. The molecular weight excluding hydrogens is 334 g/mol. The number of aryl methyl sites for hydroxylation is 2. The van der Waals surface area contributed by atoms with E-state index in [0.29, 0.717) is 0 Å². The van der Waals surface area contributed by atoms with Crippen molar-refractivity contribution in [1.29, 1.82) is 0 Å². The third-order valence-electron chi connectivity index (χ3n) is 5.93. The van der Waals surface area contributed by atoms with E-state index >= 15 is 0 Å². The smallest absolute Gasteiger partial charge is 0.128 e. The summed E-state index contributed by atoms with van der Waals surface area (Å²) < 4.78 is 11.8. The predicted octanol–water partition coefficient (Wildman–Crippen LogP) is 6.15. The molecule has 2 aromatic rings. The van der Waals surface area contributed by atoms with E-state index in [1.807, 2.05) is 6.20 Å². The van der Waals surface area contributed by atoms with Crippen LogP contribution in [0.5, 0.6) is 5.75 Å². The Balaban J connectivity index is 1.82. The highest BCUT2D eigenvalue weighted by Crippen LogP contribution is 2.35. The van der Waals surface area contributed by atoms with Crippen molar-refractivity contribution in [3.63, 3.8) is 0 Å². The second-order valence-electron chi connectivity index (χ2n) is 7.57. The summed E-state index contributed by atoms with van der Waals surface area (Å²) in [6, 6.07) is 8.62. The molecule has 0 amide bonds. The van der Waals surface area contributed by atoms with Crippen molar-refractivity contribution >= 4 is 0 Å². The normalized spacial score (nSPS) is 15.4. The van der Waals surface area contributed by atoms with Crippen molar-refractivity contribution in [3.05, 3.63) is 47.2 Å². The molecule has 0 saturated heterocycles. The number of methoxy groups -OCH3 is 1. The first kappa shape index (κ1) is 19.9. The molecule has 1 atom stereocenters. The molecule has 1 aliphatic carbocycles. The molecule has 1 fully saturated rings. The number of hydrogen-bond acceptors (Lipinski definition) is 3. The predicted molar refractivity (Wildman–Crippen MR) is 111 cm³/mol. The molecule has 1 unspecified atom stereocenters. The Morgan fingerprint density at radius 3 is 2.41 bits per heavy atom. The summed E-state index contributed by atoms with van der Waals surface area (Å²) in [5, 5.41) is 0. The van der Waals surface area contributed by atoms with Crippen molar-refractivity contribution in [2.75, 3.05) is 13.7 Å². The van der Waals surface area contributed by atoms with Crippen molar-refractivity contribution < 1.29 is 9.47 Å². The lowest BCUT2D eigenvalue weighted by Gasteiger charge is -2.26. The minimum Gasteiger partial charge on any atom is -0.496 e. The van der Waals surface area contributed by atoms with Gasteiger partial charge in [-0.3, -0.25) is 4.98 Å². The molecule has 1 aromatic carbocycles. The fourth-order valence-corrected chi connectivity index (χ4v) is 3.92. The van der Waals surface area contributed by atoms with E-state index in [4.69, 9.17) is 14.5 Å². The lowest BCUT2D eigenvalue weighted by atomic mass is 9.83. The van der Waals surface area contributed by atoms with Crippen molar-refractivity contribution in [2.24, 2.45) is 5.92 Å². The van der Waals surface area contributed by atoms with Gasteiger partial charge in [-0.05, 0) is 43.2 Å². The highest BCUT2D eigenvalue weighted by atomic mass is 16.5. The van der Waals surface area contributed by atoms with Crippen LogP contribution in [0.3, 0.4) is 0 Å². The van der Waals surface area contributed by atoms with Crippen LogP contribution in [0, 0.1) is 5.92 Å². The zero-order chi connectivity index (χ0) is 19.2. The molecular formula is C24H33NO2. The lowest BCUT2D eigenvalue weighted by Crippen LogP contribution is -2.14. The minimum atomic E-state index is -0.00589. The molecule has 3 nitrogen and oxygen atoms in total. The van der Waals surface area contributed by atoms with Crippen molar-refractivity contribution in [3.8, 4) is 17.0 Å². The molecule has 0 bridgehead atoms. The van der Waals surface area contributed by atoms with Gasteiger partial charge in [0, 0.05) is 30.0 Å². The maximum Gasteiger partial charge on any atom is 0.128 e. The molecule has 0 aliphatic heterocycles. The molecule has 146 valence electrons. The van der Waals surface area contributed by atoms with Gasteiger partial charge in [-0.25, -0.2) is 0 Å². The Hall–Kier alpha value is -1.87. The first-order valence-electron chi connectivity index (χ1n) is 10.4. The minimum absolute atomic E-state index is 0.00589. The summed E-state index contributed by atoms with van der Waals surface area (Å²) in [6.45, 7) is 7.30. The van der Waals surface area contributed by atoms with Gasteiger partial charge in [0.2, 0.25) is 0 Å². The van der Waals surface area contributed by atoms with Gasteiger partial charge in [-0.2, -0.15) is 0 Å². The van der Waals surface area contributed by atoms with Gasteiger partial charge in [0.05, 0.1) is 18.9 Å². The number of ether oxygens (including phenoxy) is 2. The van der Waals surface area contributed by atoms with Crippen LogP contribution in [0.2, 0.25) is 0 Å². The van der Waals surface area contributed by atoms with Gasteiger partial charge >= 0.3 is 0 Å². The van der Waals surface area contributed by atoms with Crippen LogP contribution in [0.1, 0.15) is 69.2 Å². The SMILES string of the molecule is CCc1cccc(CC)c1-c1cc(OC)c(C(C)OCCC2CCC2)cn1. The Labute approximate surface area is 164 Å². The molecule has 3 heteroatoms. The van der Waals surface area contributed by atoms with E-state index < -0.39 is 0 Å². The van der Waals surface area contributed by atoms with Crippen molar-refractivity contribution in [2.45, 2.75) is 65.4 Å². The highest BCUT2D eigenvalue weighted by molar-refractivity contribution is 5.69. The van der Waals surface area contributed by atoms with E-state index in [1.54, 1.807) is 7.11 Å². The number of aromatic nitrogens is 1. The zero-order valence-electron chi connectivity index (χ0n) is 17.3. The Morgan fingerprint density at radius 1 is 1.15 bits per heavy atom. The highest BCUT2D eigenvalue weighted by Gasteiger charge is 2.19. The van der Waals surface area contributed by atoms with Crippen LogP contribution in [-0.2, 0) is 17.6 Å². The Bertz CT molecular complexity index is 730. The number of pyridine rings is 1. The van der Waals surface area contributed by atoms with Gasteiger partial charge in [-0.1, -0.05) is 51.3 Å². The van der Waals surface area contributed by atoms with Gasteiger partial charge in [0.1, 0.15) is 5.75 Å². The molecule has 1 heterocycles. The quantitative estimate of drug-likeness (QED) is 0.532. The van der Waals surface area contributed by atoms with Crippen LogP contribution in [0.25, 0.3) is 11.3 Å². The summed E-state index contributed by atoms with van der Waals surface area (Å²) in [5.74, 6) is 1.74. The van der Waals surface area contributed by atoms with E-state index in [-0.39, 0.29) is 6.10 Å². The second kappa shape index (κ2) is 9.36. The number of rotatable bonds is 9. The third kappa shape index (κ3) is 4.52. The van der Waals surface area contributed by atoms with Crippen LogP contribution in [0.15, 0.2) is 30.5 Å². The molecule has 3 rings (SSSR count). The average molecular weight is 368 g/mol. The molecule has 1 aliphatic rings. The van der Waals surface area contributed by atoms with E-state index in [2.05, 4.69) is 45.0 Å². The summed E-state index contributed by atoms with van der Waals surface area (Å²) in [4.78, 5) is 4.81. The standard InChI is InChI=1S/C24H33NO2/c1-5-19-11-8-12-20(6-2)24(19)22-15-23(26-4)21(16-25-22)17(3)27-14-13-18-9-7-10-18/h8,11-12,15-18H,5-7,9-10,13-14H2,1-4H3. The number of benzene rings is 1. The third-order valence-corrected chi connectivity index (χ3v) is 5.93. The fraction of sp³-hybridized carbons (Fsp3) is 0.542. The van der Waals surface area contributed by atoms with Crippen LogP contribution in [0.4, 0.5) is 0 Å². The maximum absolute atomic E-state index is 6.09. The van der Waals surface area contributed by atoms with E-state index in [0.717, 1.165) is 42.4 Å². The van der Waals surface area contributed by atoms with E-state index in [9.17, 15) is 0 Å². The van der Waals surface area contributed by atoms with E-state index in [1.165, 1.54) is 42.4 Å². The van der Waals surface area contributed by atoms with Gasteiger partial charge in [-0.15, -0.1) is 0 Å². The number of nitrogens with zero attached hydrogens (tertiary/aromatic N) is 1. The molecule has 0 radical (unpaired) electrons. The molecule has 0 N–H and O–H groups in total. The molecule has 0 spiro atoms. The summed E-state index contributed by atoms with van der Waals surface area (Å²) >= 11 is 0. The second-order valence-corrected chi connectivity index (χ2v) is 7.57. The van der Waals surface area contributed by atoms with Gasteiger partial charge in [0.25, 0.3) is 0 Å². The largest absolute Gasteiger partial charge is 0.496 e. The molecule has 1 saturated carbocycles.